The van der Waals surface area contributed by atoms with Crippen molar-refractivity contribution in [2.75, 3.05) is 6.61 Å². The highest BCUT2D eigenvalue weighted by atomic mass is 16.5. The van der Waals surface area contributed by atoms with E-state index in [4.69, 9.17) is 4.74 Å². The Bertz CT molecular complexity index is 582. The van der Waals surface area contributed by atoms with E-state index in [-0.39, 0.29) is 5.97 Å². The van der Waals surface area contributed by atoms with Gasteiger partial charge in [0.25, 0.3) is 0 Å². The monoisotopic (exact) mass is 591 g/mol. The molecule has 0 aromatic carbocycles. The fraction of sp³-hybridized carbons (Fsp3) is 0.925. The summed E-state index contributed by atoms with van der Waals surface area (Å²) in [7, 11) is 0. The minimum absolute atomic E-state index is 0.218. The second-order valence-electron chi connectivity index (χ2n) is 14.3. The van der Waals surface area contributed by atoms with Gasteiger partial charge in [-0.1, -0.05) is 201 Å². The van der Waals surface area contributed by atoms with Gasteiger partial charge in [0.05, 0.1) is 6.61 Å². The molecule has 0 aromatic rings. The fourth-order valence-electron chi connectivity index (χ4n) is 6.37. The Labute approximate surface area is 266 Å². The van der Waals surface area contributed by atoms with Crippen molar-refractivity contribution in [1.82, 2.24) is 0 Å². The fourth-order valence-corrected chi connectivity index (χ4v) is 6.37. The number of esters is 1. The van der Waals surface area contributed by atoms with Crippen molar-refractivity contribution in [2.24, 2.45) is 17.8 Å². The van der Waals surface area contributed by atoms with Gasteiger partial charge in [0.15, 0.2) is 0 Å². The summed E-state index contributed by atoms with van der Waals surface area (Å²) in [6.45, 7) is 15.6. The molecule has 250 valence electrons. The van der Waals surface area contributed by atoms with E-state index in [0.717, 1.165) is 11.8 Å². The molecule has 0 amide bonds. The summed E-state index contributed by atoms with van der Waals surface area (Å²) < 4.78 is 5.59. The summed E-state index contributed by atoms with van der Waals surface area (Å²) in [4.78, 5) is 12.0. The van der Waals surface area contributed by atoms with Crippen LogP contribution in [0.2, 0.25) is 0 Å². The number of hydrogen-bond acceptors (Lipinski definition) is 2. The molecule has 0 aromatic heterocycles. The summed E-state index contributed by atoms with van der Waals surface area (Å²) in [5.41, 5.74) is 0.518. The van der Waals surface area contributed by atoms with Crippen LogP contribution in [0.15, 0.2) is 12.2 Å². The highest BCUT2D eigenvalue weighted by Crippen LogP contribution is 2.23. The smallest absolute Gasteiger partial charge is 0.333 e. The van der Waals surface area contributed by atoms with Crippen molar-refractivity contribution >= 4 is 5.97 Å². The molecule has 0 fully saturated rings. The first-order valence-electron chi connectivity index (χ1n) is 19.2. The van der Waals surface area contributed by atoms with Crippen molar-refractivity contribution in [2.45, 2.75) is 214 Å². The van der Waals surface area contributed by atoms with Crippen LogP contribution in [0.25, 0.3) is 0 Å². The van der Waals surface area contributed by atoms with Gasteiger partial charge in [0, 0.05) is 5.57 Å². The van der Waals surface area contributed by atoms with Crippen LogP contribution in [0.5, 0.6) is 0 Å². The standard InChI is InChI=1S/C40H78O2/c1-7-9-11-13-15-18-23-29-37(5)31-25-20-17-21-27-33-39(35-42-40(41)36(3)4)34-28-22-26-32-38(6)30-24-19-16-14-12-10-8-2/h37-39H,3,7-35H2,1-2,4-6H3. The average molecular weight is 591 g/mol. The van der Waals surface area contributed by atoms with Gasteiger partial charge in [-0.15, -0.1) is 0 Å². The minimum atomic E-state index is -0.218. The number of unbranched alkanes of at least 4 members (excludes halogenated alkanes) is 18. The Morgan fingerprint density at radius 2 is 0.786 bits per heavy atom. The van der Waals surface area contributed by atoms with E-state index >= 15 is 0 Å². The third kappa shape index (κ3) is 29.3. The Morgan fingerprint density at radius 3 is 1.12 bits per heavy atom. The number of ether oxygens (including phenoxy) is 1. The van der Waals surface area contributed by atoms with Crippen molar-refractivity contribution in [3.63, 3.8) is 0 Å². The van der Waals surface area contributed by atoms with Crippen LogP contribution in [0.4, 0.5) is 0 Å². The Balaban J connectivity index is 3.96. The lowest BCUT2D eigenvalue weighted by molar-refractivity contribution is -0.140. The molecule has 0 aliphatic carbocycles. The first-order valence-corrected chi connectivity index (χ1v) is 19.2. The molecule has 0 saturated heterocycles. The van der Waals surface area contributed by atoms with Gasteiger partial charge in [0.1, 0.15) is 0 Å². The topological polar surface area (TPSA) is 26.3 Å². The van der Waals surface area contributed by atoms with Gasteiger partial charge in [0.2, 0.25) is 0 Å². The molecular weight excluding hydrogens is 512 g/mol. The highest BCUT2D eigenvalue weighted by molar-refractivity contribution is 5.86. The number of hydrogen-bond donors (Lipinski definition) is 0. The molecule has 0 N–H and O–H groups in total. The van der Waals surface area contributed by atoms with E-state index in [1.165, 1.54) is 180 Å². The molecule has 3 atom stereocenters. The lowest BCUT2D eigenvalue weighted by Crippen LogP contribution is -2.15. The molecule has 0 aliphatic rings. The third-order valence-electron chi connectivity index (χ3n) is 9.52. The van der Waals surface area contributed by atoms with E-state index in [1.807, 2.05) is 0 Å². The average Bonchev–Trinajstić information content (AvgIpc) is 2.97. The van der Waals surface area contributed by atoms with Crippen LogP contribution in [0.1, 0.15) is 214 Å². The maximum Gasteiger partial charge on any atom is 0.333 e. The summed E-state index contributed by atoms with van der Waals surface area (Å²) in [5, 5.41) is 0. The first kappa shape index (κ1) is 41.2. The zero-order valence-electron chi connectivity index (χ0n) is 29.8. The van der Waals surface area contributed by atoms with Gasteiger partial charge in [-0.05, 0) is 37.5 Å². The van der Waals surface area contributed by atoms with Crippen LogP contribution in [-0.4, -0.2) is 12.6 Å². The molecule has 3 unspecified atom stereocenters. The van der Waals surface area contributed by atoms with Gasteiger partial charge < -0.3 is 4.74 Å². The third-order valence-corrected chi connectivity index (χ3v) is 9.52. The molecule has 0 saturated carbocycles. The molecular formula is C40H78O2. The molecule has 0 aliphatic heterocycles. The van der Waals surface area contributed by atoms with Crippen molar-refractivity contribution < 1.29 is 9.53 Å². The van der Waals surface area contributed by atoms with E-state index < -0.39 is 0 Å². The molecule has 2 nitrogen and oxygen atoms in total. The summed E-state index contributed by atoms with van der Waals surface area (Å²) in [6.07, 6.45) is 38.6. The van der Waals surface area contributed by atoms with E-state index in [2.05, 4.69) is 34.3 Å². The predicted molar refractivity (Wildman–Crippen MR) is 188 cm³/mol. The zero-order chi connectivity index (χ0) is 31.1. The molecule has 0 bridgehead atoms. The zero-order valence-corrected chi connectivity index (χ0v) is 29.8. The lowest BCUT2D eigenvalue weighted by Gasteiger charge is -2.18. The largest absolute Gasteiger partial charge is 0.462 e. The molecule has 0 spiro atoms. The summed E-state index contributed by atoms with van der Waals surface area (Å²) in [5.74, 6) is 2.07. The summed E-state index contributed by atoms with van der Waals surface area (Å²) in [6, 6.07) is 0. The van der Waals surface area contributed by atoms with Crippen molar-refractivity contribution in [3.05, 3.63) is 12.2 Å². The van der Waals surface area contributed by atoms with Crippen molar-refractivity contribution in [1.29, 1.82) is 0 Å². The Hall–Kier alpha value is -0.790. The van der Waals surface area contributed by atoms with Crippen molar-refractivity contribution in [3.8, 4) is 0 Å². The number of carbonyl (C=O) groups is 1. The summed E-state index contributed by atoms with van der Waals surface area (Å²) >= 11 is 0. The molecule has 0 rings (SSSR count). The Kier molecular flexibility index (Phi) is 31.0. The van der Waals surface area contributed by atoms with Gasteiger partial charge in [-0.3, -0.25) is 0 Å². The molecule has 42 heavy (non-hydrogen) atoms. The SMILES string of the molecule is C=C(C)C(=O)OCC(CCCCCCCC(C)CCCCCCCCC)CCCCCC(C)CCCCCCCCC. The lowest BCUT2D eigenvalue weighted by atomic mass is 9.92. The van der Waals surface area contributed by atoms with Gasteiger partial charge in [-0.25, -0.2) is 4.79 Å². The second-order valence-corrected chi connectivity index (χ2v) is 14.3. The normalized spacial score (nSPS) is 13.6. The van der Waals surface area contributed by atoms with Crippen LogP contribution in [-0.2, 0) is 9.53 Å². The minimum Gasteiger partial charge on any atom is -0.462 e. The predicted octanol–water partition coefficient (Wildman–Crippen LogP) is 14.0. The molecule has 0 heterocycles. The first-order chi connectivity index (χ1) is 20.4. The molecule has 0 radical (unpaired) electrons. The van der Waals surface area contributed by atoms with Gasteiger partial charge in [-0.2, -0.15) is 0 Å². The van der Waals surface area contributed by atoms with Crippen LogP contribution >= 0.6 is 0 Å². The quantitative estimate of drug-likeness (QED) is 0.0431. The second kappa shape index (κ2) is 31.6. The van der Waals surface area contributed by atoms with E-state index in [1.54, 1.807) is 6.92 Å². The highest BCUT2D eigenvalue weighted by Gasteiger charge is 2.13. The number of carbonyl (C=O) groups excluding carboxylic acids is 1. The Morgan fingerprint density at radius 1 is 0.500 bits per heavy atom. The van der Waals surface area contributed by atoms with Crippen LogP contribution in [0, 0.1) is 17.8 Å². The maximum atomic E-state index is 12.0. The molecule has 2 heteroatoms. The maximum absolute atomic E-state index is 12.0. The van der Waals surface area contributed by atoms with Crippen LogP contribution in [0.3, 0.4) is 0 Å². The number of rotatable bonds is 33. The van der Waals surface area contributed by atoms with Crippen LogP contribution < -0.4 is 0 Å². The van der Waals surface area contributed by atoms with E-state index in [9.17, 15) is 4.79 Å². The van der Waals surface area contributed by atoms with E-state index in [0.29, 0.717) is 18.1 Å². The van der Waals surface area contributed by atoms with Gasteiger partial charge >= 0.3 is 5.97 Å².